The zero-order valence-corrected chi connectivity index (χ0v) is 13.1. The van der Waals surface area contributed by atoms with Crippen molar-refractivity contribution < 1.29 is 4.79 Å². The van der Waals surface area contributed by atoms with Gasteiger partial charge in [-0.3, -0.25) is 4.79 Å². The molecule has 0 saturated carbocycles. The lowest BCUT2D eigenvalue weighted by atomic mass is 10.00. The van der Waals surface area contributed by atoms with Crippen molar-refractivity contribution in [1.82, 2.24) is 10.6 Å². The molecule has 0 spiro atoms. The molecule has 3 heteroatoms. The monoisotopic (exact) mass is 288 g/mol. The molecule has 1 fully saturated rings. The second-order valence-electron chi connectivity index (χ2n) is 6.14. The van der Waals surface area contributed by atoms with Crippen LogP contribution in [0, 0.1) is 5.92 Å². The van der Waals surface area contributed by atoms with Gasteiger partial charge in [0.1, 0.15) is 0 Å². The van der Waals surface area contributed by atoms with Crippen LogP contribution in [0.3, 0.4) is 0 Å². The highest BCUT2D eigenvalue weighted by Gasteiger charge is 2.17. The van der Waals surface area contributed by atoms with Crippen LogP contribution in [0.5, 0.6) is 0 Å². The molecule has 2 unspecified atom stereocenters. The average molecular weight is 288 g/mol. The summed E-state index contributed by atoms with van der Waals surface area (Å²) < 4.78 is 0. The van der Waals surface area contributed by atoms with E-state index in [9.17, 15) is 4.79 Å². The summed E-state index contributed by atoms with van der Waals surface area (Å²) in [6.45, 7) is 4.36. The zero-order chi connectivity index (χ0) is 14.9. The molecule has 2 atom stereocenters. The molecule has 116 valence electrons. The molecule has 1 aromatic carbocycles. The van der Waals surface area contributed by atoms with Crippen LogP contribution in [0.15, 0.2) is 30.3 Å². The van der Waals surface area contributed by atoms with E-state index in [2.05, 4.69) is 41.8 Å². The van der Waals surface area contributed by atoms with Gasteiger partial charge in [-0.15, -0.1) is 0 Å². The smallest absolute Gasteiger partial charge is 0.220 e. The molecule has 0 radical (unpaired) electrons. The molecule has 1 saturated heterocycles. The first-order valence-corrected chi connectivity index (χ1v) is 8.32. The van der Waals surface area contributed by atoms with E-state index in [4.69, 9.17) is 0 Å². The first-order valence-electron chi connectivity index (χ1n) is 8.32. The quantitative estimate of drug-likeness (QED) is 0.772. The van der Waals surface area contributed by atoms with Gasteiger partial charge in [-0.1, -0.05) is 43.7 Å². The molecule has 1 aromatic rings. The third-order valence-corrected chi connectivity index (χ3v) is 4.27. The highest BCUT2D eigenvalue weighted by molar-refractivity contribution is 5.76. The number of hydrogen-bond acceptors (Lipinski definition) is 2. The first kappa shape index (κ1) is 16.0. The molecule has 1 aliphatic heterocycles. The van der Waals surface area contributed by atoms with Gasteiger partial charge in [0, 0.05) is 12.5 Å². The van der Waals surface area contributed by atoms with Gasteiger partial charge < -0.3 is 10.6 Å². The number of carbonyl (C=O) groups excluding carboxylic acids is 1. The molecule has 1 amide bonds. The van der Waals surface area contributed by atoms with Crippen LogP contribution >= 0.6 is 0 Å². The van der Waals surface area contributed by atoms with Gasteiger partial charge in [0.05, 0.1) is 0 Å². The standard InChI is InChI=1S/C18H28N2O/c1-2-6-17(13-15-7-4-3-5-8-15)20-18(21)10-9-16-11-12-19-14-16/h3-5,7-8,16-17,19H,2,6,9-14H2,1H3,(H,20,21). The van der Waals surface area contributed by atoms with Crippen LogP contribution in [0.2, 0.25) is 0 Å². The van der Waals surface area contributed by atoms with E-state index < -0.39 is 0 Å². The summed E-state index contributed by atoms with van der Waals surface area (Å²) in [5.41, 5.74) is 1.30. The highest BCUT2D eigenvalue weighted by atomic mass is 16.1. The molecular formula is C18H28N2O. The molecule has 3 nitrogen and oxygen atoms in total. The molecule has 0 aromatic heterocycles. The summed E-state index contributed by atoms with van der Waals surface area (Å²) >= 11 is 0. The van der Waals surface area contributed by atoms with Crippen molar-refractivity contribution in [2.75, 3.05) is 13.1 Å². The van der Waals surface area contributed by atoms with Gasteiger partial charge in [0.25, 0.3) is 0 Å². The maximum Gasteiger partial charge on any atom is 0.220 e. The predicted octanol–water partition coefficient (Wildman–Crippen LogP) is 2.90. The minimum absolute atomic E-state index is 0.219. The van der Waals surface area contributed by atoms with E-state index in [0.29, 0.717) is 12.3 Å². The number of nitrogens with one attached hydrogen (secondary N) is 2. The fraction of sp³-hybridized carbons (Fsp3) is 0.611. The van der Waals surface area contributed by atoms with E-state index in [1.165, 1.54) is 12.0 Å². The van der Waals surface area contributed by atoms with Crippen LogP contribution in [-0.2, 0) is 11.2 Å². The first-order chi connectivity index (χ1) is 10.3. The molecule has 2 rings (SSSR count). The molecule has 0 bridgehead atoms. The summed E-state index contributed by atoms with van der Waals surface area (Å²) in [6.07, 6.45) is 5.99. The molecular weight excluding hydrogens is 260 g/mol. The molecule has 1 aliphatic rings. The summed E-state index contributed by atoms with van der Waals surface area (Å²) in [5, 5.41) is 6.59. The molecule has 0 aliphatic carbocycles. The Kier molecular flexibility index (Phi) is 6.74. The van der Waals surface area contributed by atoms with Crippen molar-refractivity contribution in [1.29, 1.82) is 0 Å². The van der Waals surface area contributed by atoms with Crippen molar-refractivity contribution in [2.45, 2.75) is 51.5 Å². The minimum Gasteiger partial charge on any atom is -0.353 e. The van der Waals surface area contributed by atoms with Crippen LogP contribution in [0.1, 0.15) is 44.6 Å². The summed E-state index contributed by atoms with van der Waals surface area (Å²) in [7, 11) is 0. The Bertz CT molecular complexity index is 412. The highest BCUT2D eigenvalue weighted by Crippen LogP contribution is 2.14. The largest absolute Gasteiger partial charge is 0.353 e. The van der Waals surface area contributed by atoms with Crippen LogP contribution < -0.4 is 10.6 Å². The SMILES string of the molecule is CCCC(Cc1ccccc1)NC(=O)CCC1CCNC1. The van der Waals surface area contributed by atoms with Gasteiger partial charge in [-0.05, 0) is 50.3 Å². The van der Waals surface area contributed by atoms with Gasteiger partial charge in [-0.25, -0.2) is 0 Å². The second-order valence-corrected chi connectivity index (χ2v) is 6.14. The van der Waals surface area contributed by atoms with Crippen molar-refractivity contribution in [3.63, 3.8) is 0 Å². The fourth-order valence-corrected chi connectivity index (χ4v) is 3.07. The van der Waals surface area contributed by atoms with Crippen molar-refractivity contribution in [3.8, 4) is 0 Å². The topological polar surface area (TPSA) is 41.1 Å². The Morgan fingerprint density at radius 3 is 2.86 bits per heavy atom. The van der Waals surface area contributed by atoms with E-state index >= 15 is 0 Å². The van der Waals surface area contributed by atoms with Gasteiger partial charge in [-0.2, -0.15) is 0 Å². The van der Waals surface area contributed by atoms with E-state index in [-0.39, 0.29) is 11.9 Å². The lowest BCUT2D eigenvalue weighted by Gasteiger charge is -2.19. The third-order valence-electron chi connectivity index (χ3n) is 4.27. The maximum atomic E-state index is 12.1. The van der Waals surface area contributed by atoms with Crippen molar-refractivity contribution >= 4 is 5.91 Å². The van der Waals surface area contributed by atoms with Crippen LogP contribution in [0.4, 0.5) is 0 Å². The van der Waals surface area contributed by atoms with Gasteiger partial charge in [0.2, 0.25) is 5.91 Å². The lowest BCUT2D eigenvalue weighted by Crippen LogP contribution is -2.36. The van der Waals surface area contributed by atoms with Crippen molar-refractivity contribution in [2.24, 2.45) is 5.92 Å². The second kappa shape index (κ2) is 8.83. The van der Waals surface area contributed by atoms with Crippen molar-refractivity contribution in [3.05, 3.63) is 35.9 Å². The van der Waals surface area contributed by atoms with Gasteiger partial charge in [0.15, 0.2) is 0 Å². The summed E-state index contributed by atoms with van der Waals surface area (Å²) in [4.78, 5) is 12.1. The zero-order valence-electron chi connectivity index (χ0n) is 13.1. The number of rotatable bonds is 8. The Labute approximate surface area is 128 Å². The Hall–Kier alpha value is -1.35. The minimum atomic E-state index is 0.219. The number of carbonyl (C=O) groups is 1. The summed E-state index contributed by atoms with van der Waals surface area (Å²) in [5.74, 6) is 0.908. The van der Waals surface area contributed by atoms with Crippen LogP contribution in [0.25, 0.3) is 0 Å². The Balaban J connectivity index is 1.76. The summed E-state index contributed by atoms with van der Waals surface area (Å²) in [6, 6.07) is 10.7. The molecule has 21 heavy (non-hydrogen) atoms. The fourth-order valence-electron chi connectivity index (χ4n) is 3.07. The number of hydrogen-bond donors (Lipinski definition) is 2. The normalized spacial score (nSPS) is 19.4. The van der Waals surface area contributed by atoms with Gasteiger partial charge >= 0.3 is 0 Å². The maximum absolute atomic E-state index is 12.1. The average Bonchev–Trinajstić information content (AvgIpc) is 3.00. The number of amides is 1. The lowest BCUT2D eigenvalue weighted by molar-refractivity contribution is -0.122. The Morgan fingerprint density at radius 2 is 2.19 bits per heavy atom. The molecule has 2 N–H and O–H groups in total. The Morgan fingerprint density at radius 1 is 1.38 bits per heavy atom. The van der Waals surface area contributed by atoms with Crippen LogP contribution in [-0.4, -0.2) is 25.0 Å². The van der Waals surface area contributed by atoms with E-state index in [1.807, 2.05) is 6.07 Å². The predicted molar refractivity (Wildman–Crippen MR) is 87.2 cm³/mol. The van der Waals surface area contributed by atoms with E-state index in [1.54, 1.807) is 0 Å². The third kappa shape index (κ3) is 5.88. The van der Waals surface area contributed by atoms with E-state index in [0.717, 1.165) is 38.8 Å². The number of benzene rings is 1. The molecule has 1 heterocycles.